The Bertz CT molecular complexity index is 898. The van der Waals surface area contributed by atoms with Crippen molar-refractivity contribution in [2.24, 2.45) is 23.0 Å². The molecule has 2 aromatic carbocycles. The molecule has 5 heteroatoms. The Labute approximate surface area is 201 Å². The Morgan fingerprint density at radius 2 is 1.45 bits per heavy atom. The number of ether oxygens (including phenoxy) is 2. The summed E-state index contributed by atoms with van der Waals surface area (Å²) < 4.78 is 19.5. The van der Waals surface area contributed by atoms with Crippen LogP contribution in [-0.4, -0.2) is 33.7 Å². The van der Waals surface area contributed by atoms with Crippen molar-refractivity contribution in [3.05, 3.63) is 71.8 Å². The highest BCUT2D eigenvalue weighted by Crippen LogP contribution is 2.67. The molecule has 5 atom stereocenters. The minimum Gasteiger partial charge on any atom is -0.412 e. The van der Waals surface area contributed by atoms with Crippen LogP contribution in [0.1, 0.15) is 38.3 Å². The lowest BCUT2D eigenvalue weighted by Crippen LogP contribution is -2.51. The Morgan fingerprint density at radius 1 is 0.909 bits per heavy atom. The van der Waals surface area contributed by atoms with E-state index in [9.17, 15) is 0 Å². The van der Waals surface area contributed by atoms with Crippen LogP contribution >= 0.6 is 0 Å². The molecule has 2 aromatic rings. The second-order valence-electron chi connectivity index (χ2n) is 11.5. The molecule has 0 spiro atoms. The van der Waals surface area contributed by atoms with Crippen LogP contribution in [0.4, 0.5) is 0 Å². The zero-order valence-corrected chi connectivity index (χ0v) is 21.9. The predicted molar refractivity (Wildman–Crippen MR) is 136 cm³/mol. The predicted octanol–water partition coefficient (Wildman–Crippen LogP) is 5.77. The van der Waals surface area contributed by atoms with E-state index >= 15 is 0 Å². The van der Waals surface area contributed by atoms with Gasteiger partial charge in [0, 0.05) is 17.4 Å². The van der Waals surface area contributed by atoms with Gasteiger partial charge < -0.3 is 19.6 Å². The minimum atomic E-state index is -1.96. The molecule has 0 amide bonds. The first kappa shape index (κ1) is 24.6. The third-order valence-electron chi connectivity index (χ3n) is 8.29. The van der Waals surface area contributed by atoms with Gasteiger partial charge in [0.2, 0.25) is 0 Å². The van der Waals surface area contributed by atoms with Crippen molar-refractivity contribution in [3.8, 4) is 0 Å². The van der Waals surface area contributed by atoms with Crippen molar-refractivity contribution < 1.29 is 13.9 Å². The lowest BCUT2D eigenvalue weighted by atomic mass is 9.89. The van der Waals surface area contributed by atoms with Crippen LogP contribution < -0.4 is 5.73 Å². The van der Waals surface area contributed by atoms with E-state index in [0.717, 1.165) is 13.0 Å². The van der Waals surface area contributed by atoms with Gasteiger partial charge in [-0.25, -0.2) is 0 Å². The molecule has 0 saturated heterocycles. The second kappa shape index (κ2) is 9.63. The number of hydrogen-bond donors (Lipinski definition) is 1. The first-order valence-corrected chi connectivity index (χ1v) is 15.2. The van der Waals surface area contributed by atoms with Crippen LogP contribution in [0.2, 0.25) is 18.1 Å². The van der Waals surface area contributed by atoms with E-state index in [2.05, 4.69) is 82.4 Å². The van der Waals surface area contributed by atoms with Crippen LogP contribution in [0.15, 0.2) is 60.7 Å². The zero-order valence-electron chi connectivity index (χ0n) is 20.9. The van der Waals surface area contributed by atoms with Gasteiger partial charge in [0.15, 0.2) is 8.32 Å². The molecule has 2 aliphatic rings. The van der Waals surface area contributed by atoms with Crippen LogP contribution in [0, 0.1) is 17.3 Å². The summed E-state index contributed by atoms with van der Waals surface area (Å²) in [7, 11) is -1.96. The topological polar surface area (TPSA) is 53.7 Å². The Balaban J connectivity index is 1.47. The molecule has 33 heavy (non-hydrogen) atoms. The van der Waals surface area contributed by atoms with E-state index in [0.29, 0.717) is 25.7 Å². The number of rotatable bonds is 10. The third kappa shape index (κ3) is 5.28. The van der Waals surface area contributed by atoms with Crippen molar-refractivity contribution in [3.63, 3.8) is 0 Å². The number of benzene rings is 2. The average molecular weight is 468 g/mol. The van der Waals surface area contributed by atoms with Crippen molar-refractivity contribution in [2.45, 2.75) is 70.7 Å². The average Bonchev–Trinajstić information content (AvgIpc) is 3.46. The van der Waals surface area contributed by atoms with Gasteiger partial charge in [0.05, 0.1) is 32.5 Å². The summed E-state index contributed by atoms with van der Waals surface area (Å²) >= 11 is 0. The summed E-state index contributed by atoms with van der Waals surface area (Å²) in [5.41, 5.74) is 9.31. The summed E-state index contributed by atoms with van der Waals surface area (Å²) in [6.07, 6.45) is 1.14. The summed E-state index contributed by atoms with van der Waals surface area (Å²) in [4.78, 5) is 0. The molecule has 0 radical (unpaired) electrons. The molecule has 4 rings (SSSR count). The lowest BCUT2D eigenvalue weighted by Gasteiger charge is -2.42. The maximum Gasteiger partial charge on any atom is 0.192 e. The van der Waals surface area contributed by atoms with Crippen LogP contribution in [0.3, 0.4) is 0 Å². The summed E-state index contributed by atoms with van der Waals surface area (Å²) in [5, 5.41) is 0.145. The van der Waals surface area contributed by atoms with Crippen molar-refractivity contribution in [1.29, 1.82) is 0 Å². The SMILES string of the molecule is CC(C)(C)[Si](C)(C)O[C@H]1[C@H](N)[C@H]2C[C@@]2(COCc2ccccc2)[C@H]1COCc1ccccc1. The fourth-order valence-electron chi connectivity index (χ4n) is 5.14. The van der Waals surface area contributed by atoms with Crippen LogP contribution in [-0.2, 0) is 27.1 Å². The molecule has 0 aromatic heterocycles. The Kier molecular flexibility index (Phi) is 7.18. The minimum absolute atomic E-state index is 0.0285. The molecule has 0 bridgehead atoms. The molecule has 0 heterocycles. The highest BCUT2D eigenvalue weighted by Gasteiger charge is 2.71. The molecule has 2 saturated carbocycles. The number of nitrogens with two attached hydrogens (primary N) is 1. The van der Waals surface area contributed by atoms with E-state index in [1.807, 2.05) is 12.1 Å². The van der Waals surface area contributed by atoms with Crippen molar-refractivity contribution >= 4 is 8.32 Å². The highest BCUT2D eigenvalue weighted by molar-refractivity contribution is 6.74. The fraction of sp³-hybridized carbons (Fsp3) is 0.571. The molecule has 2 fully saturated rings. The third-order valence-corrected chi connectivity index (χ3v) is 12.8. The van der Waals surface area contributed by atoms with Gasteiger partial charge in [-0.1, -0.05) is 81.4 Å². The fourth-order valence-corrected chi connectivity index (χ4v) is 6.50. The summed E-state index contributed by atoms with van der Waals surface area (Å²) in [6.45, 7) is 14.2. The van der Waals surface area contributed by atoms with E-state index in [1.54, 1.807) is 0 Å². The van der Waals surface area contributed by atoms with Crippen molar-refractivity contribution in [2.75, 3.05) is 13.2 Å². The normalized spacial score (nSPS) is 29.2. The molecule has 2 aliphatic carbocycles. The summed E-state index contributed by atoms with van der Waals surface area (Å²) in [5.74, 6) is 0.708. The van der Waals surface area contributed by atoms with Gasteiger partial charge in [-0.3, -0.25) is 0 Å². The molecular weight excluding hydrogens is 426 g/mol. The van der Waals surface area contributed by atoms with E-state index in [-0.39, 0.29) is 28.5 Å². The first-order valence-electron chi connectivity index (χ1n) is 12.3. The van der Waals surface area contributed by atoms with E-state index < -0.39 is 8.32 Å². The lowest BCUT2D eigenvalue weighted by molar-refractivity contribution is -0.0223. The van der Waals surface area contributed by atoms with Gasteiger partial charge in [-0.15, -0.1) is 0 Å². The smallest absolute Gasteiger partial charge is 0.192 e. The molecule has 0 aliphatic heterocycles. The van der Waals surface area contributed by atoms with Gasteiger partial charge in [0.1, 0.15) is 0 Å². The van der Waals surface area contributed by atoms with Gasteiger partial charge in [0.25, 0.3) is 0 Å². The molecular formula is C28H41NO3Si. The number of fused-ring (bicyclic) bond motifs is 1. The number of hydrogen-bond acceptors (Lipinski definition) is 4. The Hall–Kier alpha value is -1.50. The van der Waals surface area contributed by atoms with Gasteiger partial charge in [-0.2, -0.15) is 0 Å². The summed E-state index contributed by atoms with van der Waals surface area (Å²) in [6, 6.07) is 20.8. The van der Waals surface area contributed by atoms with E-state index in [1.165, 1.54) is 11.1 Å². The maximum atomic E-state index is 6.96. The standard InChI is InChI=1S/C28H41NO3Si/c1-27(2,3)33(4,5)32-26-24(19-30-17-21-12-8-6-9-13-21)28(16-23(28)25(26)29)20-31-18-22-14-10-7-11-15-22/h6-15,23-26H,16-20,29H2,1-5H3/t23-,24+,25-,26-,28+/m1/s1. The first-order chi connectivity index (χ1) is 15.6. The van der Waals surface area contributed by atoms with Crippen LogP contribution in [0.5, 0.6) is 0 Å². The zero-order chi connectivity index (χ0) is 23.7. The molecule has 180 valence electrons. The molecule has 0 unspecified atom stereocenters. The molecule has 2 N–H and O–H groups in total. The van der Waals surface area contributed by atoms with Gasteiger partial charge >= 0.3 is 0 Å². The van der Waals surface area contributed by atoms with E-state index in [4.69, 9.17) is 19.6 Å². The quantitative estimate of drug-likeness (QED) is 0.451. The second-order valence-corrected chi connectivity index (χ2v) is 16.3. The maximum absolute atomic E-state index is 6.96. The molecule has 4 nitrogen and oxygen atoms in total. The van der Waals surface area contributed by atoms with Gasteiger partial charge in [-0.05, 0) is 41.6 Å². The Morgan fingerprint density at radius 3 is 2.00 bits per heavy atom. The van der Waals surface area contributed by atoms with Crippen LogP contribution in [0.25, 0.3) is 0 Å². The van der Waals surface area contributed by atoms with Crippen molar-refractivity contribution in [1.82, 2.24) is 0 Å². The highest BCUT2D eigenvalue weighted by atomic mass is 28.4. The monoisotopic (exact) mass is 467 g/mol. The largest absolute Gasteiger partial charge is 0.412 e.